The van der Waals surface area contributed by atoms with Crippen LogP contribution in [0.25, 0.3) is 0 Å². The molecule has 0 unspecified atom stereocenters. The zero-order valence-electron chi connectivity index (χ0n) is 10.3. The predicted octanol–water partition coefficient (Wildman–Crippen LogP) is 1.03. The summed E-state index contributed by atoms with van der Waals surface area (Å²) in [6.45, 7) is 2.23. The number of amides is 1. The Hall–Kier alpha value is -1.60. The largest absolute Gasteiger partial charge is 0.372 e. The van der Waals surface area contributed by atoms with Gasteiger partial charge in [-0.2, -0.15) is 0 Å². The molecule has 0 spiro atoms. The van der Waals surface area contributed by atoms with Crippen molar-refractivity contribution in [3.8, 4) is 0 Å². The first-order valence-electron chi connectivity index (χ1n) is 5.36. The molecule has 0 bridgehead atoms. The minimum atomic E-state index is -3.32. The second kappa shape index (κ2) is 6.36. The molecule has 1 aromatic rings. The van der Waals surface area contributed by atoms with Crippen molar-refractivity contribution in [2.24, 2.45) is 0 Å². The van der Waals surface area contributed by atoms with E-state index in [4.69, 9.17) is 4.74 Å². The molecule has 0 aliphatic heterocycles. The van der Waals surface area contributed by atoms with Gasteiger partial charge in [0.15, 0.2) is 0 Å². The summed E-state index contributed by atoms with van der Waals surface area (Å²) >= 11 is 0. The maximum atomic E-state index is 11.4. The summed E-state index contributed by atoms with van der Waals surface area (Å²) in [5.41, 5.74) is 0.903. The fraction of sp³-hybridized carbons (Fsp3) is 0.364. The van der Waals surface area contributed by atoms with Crippen molar-refractivity contribution in [1.82, 2.24) is 0 Å². The van der Waals surface area contributed by atoms with Crippen molar-refractivity contribution >= 4 is 27.3 Å². The van der Waals surface area contributed by atoms with Crippen LogP contribution in [-0.4, -0.2) is 33.8 Å². The van der Waals surface area contributed by atoms with Gasteiger partial charge in [0, 0.05) is 12.3 Å². The van der Waals surface area contributed by atoms with E-state index >= 15 is 0 Å². The zero-order chi connectivity index (χ0) is 13.6. The number of anilines is 2. The van der Waals surface area contributed by atoms with Gasteiger partial charge in [0.25, 0.3) is 0 Å². The molecule has 1 rings (SSSR count). The molecule has 0 saturated carbocycles. The summed E-state index contributed by atoms with van der Waals surface area (Å²) in [4.78, 5) is 11.4. The van der Waals surface area contributed by atoms with Gasteiger partial charge in [0.2, 0.25) is 15.9 Å². The smallest absolute Gasteiger partial charge is 0.250 e. The van der Waals surface area contributed by atoms with Crippen molar-refractivity contribution in [2.45, 2.75) is 6.92 Å². The third-order valence-corrected chi connectivity index (χ3v) is 2.49. The maximum absolute atomic E-state index is 11.4. The highest BCUT2D eigenvalue weighted by molar-refractivity contribution is 7.92. The van der Waals surface area contributed by atoms with Gasteiger partial charge in [-0.05, 0) is 25.1 Å². The number of rotatable bonds is 6. The van der Waals surface area contributed by atoms with Crippen LogP contribution in [0.1, 0.15) is 6.92 Å². The van der Waals surface area contributed by atoms with Gasteiger partial charge in [-0.25, -0.2) is 8.42 Å². The molecule has 7 heteroatoms. The van der Waals surface area contributed by atoms with Gasteiger partial charge in [0.05, 0.1) is 11.9 Å². The Morgan fingerprint density at radius 2 is 2.00 bits per heavy atom. The van der Waals surface area contributed by atoms with Gasteiger partial charge in [-0.15, -0.1) is 0 Å². The highest BCUT2D eigenvalue weighted by Gasteiger charge is 2.05. The Bertz CT molecular complexity index is 514. The highest BCUT2D eigenvalue weighted by Crippen LogP contribution is 2.15. The third-order valence-electron chi connectivity index (χ3n) is 1.89. The van der Waals surface area contributed by atoms with Crippen LogP contribution in [0.4, 0.5) is 11.4 Å². The van der Waals surface area contributed by atoms with Gasteiger partial charge in [-0.1, -0.05) is 6.07 Å². The van der Waals surface area contributed by atoms with E-state index in [0.29, 0.717) is 18.0 Å². The zero-order valence-corrected chi connectivity index (χ0v) is 11.1. The number of hydrogen-bond acceptors (Lipinski definition) is 4. The molecule has 18 heavy (non-hydrogen) atoms. The van der Waals surface area contributed by atoms with Crippen LogP contribution in [0.5, 0.6) is 0 Å². The van der Waals surface area contributed by atoms with E-state index in [9.17, 15) is 13.2 Å². The summed E-state index contributed by atoms with van der Waals surface area (Å²) in [5, 5.41) is 2.60. The number of ether oxygens (including phenoxy) is 1. The monoisotopic (exact) mass is 272 g/mol. The van der Waals surface area contributed by atoms with Gasteiger partial charge < -0.3 is 10.1 Å². The minimum absolute atomic E-state index is 0.0275. The fourth-order valence-corrected chi connectivity index (χ4v) is 1.82. The summed E-state index contributed by atoms with van der Waals surface area (Å²) in [6, 6.07) is 6.44. The van der Waals surface area contributed by atoms with Crippen LogP contribution in [0.15, 0.2) is 24.3 Å². The van der Waals surface area contributed by atoms with Crippen LogP contribution < -0.4 is 10.0 Å². The lowest BCUT2D eigenvalue weighted by atomic mass is 10.3. The quantitative estimate of drug-likeness (QED) is 0.810. The fourth-order valence-electron chi connectivity index (χ4n) is 1.27. The molecule has 0 aliphatic carbocycles. The molecule has 1 amide bonds. The number of hydrogen-bond donors (Lipinski definition) is 2. The van der Waals surface area contributed by atoms with Crippen molar-refractivity contribution in [1.29, 1.82) is 0 Å². The van der Waals surface area contributed by atoms with Crippen molar-refractivity contribution in [3.05, 3.63) is 24.3 Å². The molecule has 0 heterocycles. The topological polar surface area (TPSA) is 84.5 Å². The number of carbonyl (C=O) groups excluding carboxylic acids is 1. The normalized spacial score (nSPS) is 11.0. The summed E-state index contributed by atoms with van der Waals surface area (Å²) in [7, 11) is -3.32. The molecule has 6 nitrogen and oxygen atoms in total. The van der Waals surface area contributed by atoms with Crippen molar-refractivity contribution in [2.75, 3.05) is 29.5 Å². The lowest BCUT2D eigenvalue weighted by molar-refractivity contribution is -0.120. The van der Waals surface area contributed by atoms with E-state index in [2.05, 4.69) is 10.0 Å². The second-order valence-electron chi connectivity index (χ2n) is 3.64. The number of benzene rings is 1. The number of carbonyl (C=O) groups is 1. The second-order valence-corrected chi connectivity index (χ2v) is 5.39. The molecule has 1 aromatic carbocycles. The molecular weight excluding hydrogens is 256 g/mol. The summed E-state index contributed by atoms with van der Waals surface area (Å²) in [5.74, 6) is -0.284. The van der Waals surface area contributed by atoms with Crippen LogP contribution in [0.2, 0.25) is 0 Å². The summed E-state index contributed by atoms with van der Waals surface area (Å²) in [6.07, 6.45) is 1.06. The molecule has 0 aliphatic rings. The Balaban J connectivity index is 2.68. The molecule has 0 fully saturated rings. The van der Waals surface area contributed by atoms with E-state index in [1.807, 2.05) is 0 Å². The lowest BCUT2D eigenvalue weighted by Crippen LogP contribution is -2.18. The molecule has 0 atom stereocenters. The Morgan fingerprint density at radius 3 is 2.61 bits per heavy atom. The molecule has 0 saturated heterocycles. The van der Waals surface area contributed by atoms with Crippen molar-refractivity contribution < 1.29 is 17.9 Å². The Labute approximate surface area is 106 Å². The van der Waals surface area contributed by atoms with E-state index in [-0.39, 0.29) is 12.5 Å². The standard InChI is InChI=1S/C11H16N2O4S/c1-3-17-8-11(14)12-9-5-4-6-10(7-9)13-18(2,15)16/h4-7,13H,3,8H2,1-2H3,(H,12,14). The molecular formula is C11H16N2O4S. The van der Waals surface area contributed by atoms with Crippen molar-refractivity contribution in [3.63, 3.8) is 0 Å². The van der Waals surface area contributed by atoms with E-state index in [0.717, 1.165) is 6.26 Å². The SMILES string of the molecule is CCOCC(=O)Nc1cccc(NS(C)(=O)=O)c1. The van der Waals surface area contributed by atoms with Gasteiger partial charge in [0.1, 0.15) is 6.61 Å². The highest BCUT2D eigenvalue weighted by atomic mass is 32.2. The van der Waals surface area contributed by atoms with Gasteiger partial charge in [-0.3, -0.25) is 9.52 Å². The average molecular weight is 272 g/mol. The summed E-state index contributed by atoms with van der Waals surface area (Å²) < 4.78 is 29.4. The number of nitrogens with one attached hydrogen (secondary N) is 2. The van der Waals surface area contributed by atoms with Crippen LogP contribution in [0.3, 0.4) is 0 Å². The maximum Gasteiger partial charge on any atom is 0.250 e. The minimum Gasteiger partial charge on any atom is -0.372 e. The number of sulfonamides is 1. The van der Waals surface area contributed by atoms with Crippen LogP contribution in [-0.2, 0) is 19.6 Å². The molecule has 2 N–H and O–H groups in total. The van der Waals surface area contributed by atoms with E-state index in [1.165, 1.54) is 6.07 Å². The Morgan fingerprint density at radius 1 is 1.33 bits per heavy atom. The van der Waals surface area contributed by atoms with E-state index in [1.54, 1.807) is 25.1 Å². The van der Waals surface area contributed by atoms with Crippen LogP contribution >= 0.6 is 0 Å². The molecule has 0 aromatic heterocycles. The Kier molecular flexibility index (Phi) is 5.11. The molecule has 100 valence electrons. The van der Waals surface area contributed by atoms with E-state index < -0.39 is 10.0 Å². The van der Waals surface area contributed by atoms with Gasteiger partial charge >= 0.3 is 0 Å². The first-order valence-corrected chi connectivity index (χ1v) is 7.25. The average Bonchev–Trinajstić information content (AvgIpc) is 2.24. The first kappa shape index (κ1) is 14.5. The lowest BCUT2D eigenvalue weighted by Gasteiger charge is -2.08. The third kappa shape index (κ3) is 5.65. The first-order chi connectivity index (χ1) is 8.40. The molecule has 0 radical (unpaired) electrons. The van der Waals surface area contributed by atoms with Crippen LogP contribution in [0, 0.1) is 0 Å². The predicted molar refractivity (Wildman–Crippen MR) is 70.0 cm³/mol.